The lowest BCUT2D eigenvalue weighted by Crippen LogP contribution is -2.35. The third kappa shape index (κ3) is 3.58. The van der Waals surface area contributed by atoms with Gasteiger partial charge in [-0.2, -0.15) is 5.26 Å². The predicted octanol–water partition coefficient (Wildman–Crippen LogP) is 3.24. The predicted molar refractivity (Wildman–Crippen MR) is 88.4 cm³/mol. The fourth-order valence-corrected chi connectivity index (χ4v) is 2.29. The zero-order valence-corrected chi connectivity index (χ0v) is 13.5. The molecule has 0 radical (unpaired) electrons. The van der Waals surface area contributed by atoms with Crippen molar-refractivity contribution >= 4 is 11.7 Å². The zero-order chi connectivity index (χ0) is 17.6. The van der Waals surface area contributed by atoms with E-state index in [2.05, 4.69) is 22.7 Å². The number of ether oxygens (including phenoxy) is 2. The molecule has 24 heavy (non-hydrogen) atoms. The van der Waals surface area contributed by atoms with E-state index in [0.29, 0.717) is 17.2 Å². The van der Waals surface area contributed by atoms with Crippen LogP contribution < -0.4 is 10.1 Å². The Morgan fingerprint density at radius 2 is 2.04 bits per heavy atom. The highest BCUT2D eigenvalue weighted by Gasteiger charge is 2.37. The number of carbonyl (C=O) groups excluding carboxylic acids is 1. The van der Waals surface area contributed by atoms with Gasteiger partial charge >= 0.3 is 5.97 Å². The minimum atomic E-state index is -1.29. The summed E-state index contributed by atoms with van der Waals surface area (Å²) in [7, 11) is 2.84. The molecule has 1 aromatic heterocycles. The molecule has 1 unspecified atom stereocenters. The second-order valence-corrected chi connectivity index (χ2v) is 5.12. The van der Waals surface area contributed by atoms with Crippen LogP contribution in [-0.2, 0) is 15.1 Å². The molecule has 6 heteroatoms. The van der Waals surface area contributed by atoms with E-state index in [1.807, 2.05) is 0 Å². The molecule has 0 aliphatic carbocycles. The third-order valence-electron chi connectivity index (χ3n) is 3.53. The highest BCUT2D eigenvalue weighted by atomic mass is 16.5. The molecule has 1 N–H and O–H groups in total. The summed E-state index contributed by atoms with van der Waals surface area (Å²) in [6.07, 6.45) is 1.48. The van der Waals surface area contributed by atoms with Crippen molar-refractivity contribution in [3.8, 4) is 11.8 Å². The van der Waals surface area contributed by atoms with Crippen molar-refractivity contribution in [1.29, 1.82) is 5.26 Å². The first-order chi connectivity index (χ1) is 11.5. The number of hydrogen-bond acceptors (Lipinski definition) is 6. The van der Waals surface area contributed by atoms with Crippen molar-refractivity contribution < 1.29 is 18.7 Å². The average Bonchev–Trinajstić information content (AvgIpc) is 3.16. The number of benzene rings is 1. The second-order valence-electron chi connectivity index (χ2n) is 5.12. The molecule has 6 nitrogen and oxygen atoms in total. The van der Waals surface area contributed by atoms with Gasteiger partial charge in [0.2, 0.25) is 0 Å². The standard InChI is InChI=1S/C18H18N2O4/c1-13(17(21)23-3)11-18(12-19,16-5-4-10-24-16)20-14-6-8-15(22-2)9-7-14/h4-10,20H,1,11H2,2-3H3. The largest absolute Gasteiger partial charge is 0.497 e. The summed E-state index contributed by atoms with van der Waals surface area (Å²) in [6, 6.07) is 12.6. The number of furan rings is 1. The molecule has 0 aliphatic rings. The van der Waals surface area contributed by atoms with Crippen LogP contribution in [0, 0.1) is 11.3 Å². The first-order valence-corrected chi connectivity index (χ1v) is 7.18. The van der Waals surface area contributed by atoms with Gasteiger partial charge in [0, 0.05) is 17.7 Å². The molecule has 0 fully saturated rings. The summed E-state index contributed by atoms with van der Waals surface area (Å²) in [5, 5.41) is 13.0. The first-order valence-electron chi connectivity index (χ1n) is 7.18. The van der Waals surface area contributed by atoms with E-state index in [-0.39, 0.29) is 12.0 Å². The third-order valence-corrected chi connectivity index (χ3v) is 3.53. The maximum atomic E-state index is 11.7. The van der Waals surface area contributed by atoms with Crippen LogP contribution >= 0.6 is 0 Å². The van der Waals surface area contributed by atoms with Crippen molar-refractivity contribution in [2.75, 3.05) is 19.5 Å². The molecule has 2 aromatic rings. The van der Waals surface area contributed by atoms with Gasteiger partial charge < -0.3 is 19.2 Å². The Hall–Kier alpha value is -3.20. The molecule has 124 valence electrons. The van der Waals surface area contributed by atoms with Gasteiger partial charge in [-0.05, 0) is 36.4 Å². The summed E-state index contributed by atoms with van der Waals surface area (Å²) in [5.74, 6) is 0.503. The molecule has 0 amide bonds. The summed E-state index contributed by atoms with van der Waals surface area (Å²) in [4.78, 5) is 11.7. The lowest BCUT2D eigenvalue weighted by Gasteiger charge is -2.27. The van der Waals surface area contributed by atoms with Crippen molar-refractivity contribution in [1.82, 2.24) is 0 Å². The maximum Gasteiger partial charge on any atom is 0.333 e. The zero-order valence-electron chi connectivity index (χ0n) is 13.5. The molecular weight excluding hydrogens is 308 g/mol. The molecule has 1 heterocycles. The van der Waals surface area contributed by atoms with Gasteiger partial charge in [0.05, 0.1) is 26.6 Å². The number of methoxy groups -OCH3 is 2. The van der Waals surface area contributed by atoms with Crippen LogP contribution in [0.15, 0.2) is 59.2 Å². The van der Waals surface area contributed by atoms with Gasteiger partial charge in [0.15, 0.2) is 5.54 Å². The van der Waals surface area contributed by atoms with Crippen molar-refractivity contribution in [2.45, 2.75) is 12.0 Å². The number of carbonyl (C=O) groups is 1. The van der Waals surface area contributed by atoms with Crippen LogP contribution in [0.1, 0.15) is 12.2 Å². The lowest BCUT2D eigenvalue weighted by atomic mass is 9.89. The lowest BCUT2D eigenvalue weighted by molar-refractivity contribution is -0.136. The number of nitriles is 1. The Kier molecular flexibility index (Phi) is 5.27. The minimum absolute atomic E-state index is 0.00964. The SMILES string of the molecule is C=C(CC(C#N)(Nc1ccc(OC)cc1)c1ccco1)C(=O)OC. The normalized spacial score (nSPS) is 12.5. The number of nitrogens with one attached hydrogen (secondary N) is 1. The Morgan fingerprint density at radius 1 is 1.33 bits per heavy atom. The molecular formula is C18H18N2O4. The molecule has 0 saturated heterocycles. The van der Waals surface area contributed by atoms with Gasteiger partial charge in [-0.1, -0.05) is 6.58 Å². The Bertz CT molecular complexity index is 744. The highest BCUT2D eigenvalue weighted by Crippen LogP contribution is 2.33. The van der Waals surface area contributed by atoms with E-state index in [1.165, 1.54) is 13.4 Å². The average molecular weight is 326 g/mol. The van der Waals surface area contributed by atoms with Crippen LogP contribution in [0.3, 0.4) is 0 Å². The number of anilines is 1. The molecule has 0 aliphatic heterocycles. The fourth-order valence-electron chi connectivity index (χ4n) is 2.29. The quantitative estimate of drug-likeness (QED) is 0.621. The van der Waals surface area contributed by atoms with Crippen LogP contribution in [0.4, 0.5) is 5.69 Å². The Balaban J connectivity index is 2.36. The number of rotatable bonds is 7. The first kappa shape index (κ1) is 17.2. The van der Waals surface area contributed by atoms with Gasteiger partial charge in [0.1, 0.15) is 11.5 Å². The molecule has 2 rings (SSSR count). The molecule has 0 bridgehead atoms. The van der Waals surface area contributed by atoms with E-state index >= 15 is 0 Å². The van der Waals surface area contributed by atoms with E-state index in [9.17, 15) is 10.1 Å². The van der Waals surface area contributed by atoms with Gasteiger partial charge in [-0.25, -0.2) is 4.79 Å². The molecule has 1 atom stereocenters. The van der Waals surface area contributed by atoms with Gasteiger partial charge in [-0.15, -0.1) is 0 Å². The van der Waals surface area contributed by atoms with Crippen LogP contribution in [0.2, 0.25) is 0 Å². The summed E-state index contributed by atoms with van der Waals surface area (Å²) < 4.78 is 15.2. The van der Waals surface area contributed by atoms with Crippen molar-refractivity contribution in [3.63, 3.8) is 0 Å². The van der Waals surface area contributed by atoms with E-state index < -0.39 is 11.5 Å². The van der Waals surface area contributed by atoms with Crippen molar-refractivity contribution in [3.05, 3.63) is 60.6 Å². The summed E-state index contributed by atoms with van der Waals surface area (Å²) in [6.45, 7) is 3.71. The fraction of sp³-hybridized carbons (Fsp3) is 0.222. The number of hydrogen-bond donors (Lipinski definition) is 1. The molecule has 0 spiro atoms. The van der Waals surface area contributed by atoms with Crippen molar-refractivity contribution in [2.24, 2.45) is 0 Å². The van der Waals surface area contributed by atoms with Gasteiger partial charge in [-0.3, -0.25) is 0 Å². The van der Waals surface area contributed by atoms with E-state index in [4.69, 9.17) is 9.15 Å². The second kappa shape index (κ2) is 7.38. The summed E-state index contributed by atoms with van der Waals surface area (Å²) in [5.41, 5.74) is -0.452. The smallest absolute Gasteiger partial charge is 0.333 e. The van der Waals surface area contributed by atoms with E-state index in [0.717, 1.165) is 0 Å². The van der Waals surface area contributed by atoms with Gasteiger partial charge in [0.25, 0.3) is 0 Å². The summed E-state index contributed by atoms with van der Waals surface area (Å²) >= 11 is 0. The molecule has 0 saturated carbocycles. The maximum absolute atomic E-state index is 11.7. The van der Waals surface area contributed by atoms with Crippen LogP contribution in [-0.4, -0.2) is 20.2 Å². The number of esters is 1. The number of nitrogens with zero attached hydrogens (tertiary/aromatic N) is 1. The monoisotopic (exact) mass is 326 g/mol. The topological polar surface area (TPSA) is 84.5 Å². The van der Waals surface area contributed by atoms with Crippen LogP contribution in [0.25, 0.3) is 0 Å². The Morgan fingerprint density at radius 3 is 2.54 bits per heavy atom. The highest BCUT2D eigenvalue weighted by molar-refractivity contribution is 5.88. The van der Waals surface area contributed by atoms with E-state index in [1.54, 1.807) is 43.5 Å². The van der Waals surface area contributed by atoms with Crippen LogP contribution in [0.5, 0.6) is 5.75 Å². The Labute approximate surface area is 140 Å². The molecule has 1 aromatic carbocycles. The minimum Gasteiger partial charge on any atom is -0.497 e.